The summed E-state index contributed by atoms with van der Waals surface area (Å²) in [6.07, 6.45) is 0. The van der Waals surface area contributed by atoms with Crippen molar-refractivity contribution in [3.05, 3.63) is 41.5 Å². The van der Waals surface area contributed by atoms with Gasteiger partial charge in [0.1, 0.15) is 12.4 Å². The summed E-state index contributed by atoms with van der Waals surface area (Å²) < 4.78 is 5.79. The van der Waals surface area contributed by atoms with Crippen LogP contribution in [0.15, 0.2) is 30.4 Å². The Morgan fingerprint density at radius 1 is 1.44 bits per heavy atom. The number of nitrogens with one attached hydrogen (secondary N) is 1. The number of para-hydroxylation sites is 1. The average molecular weight is 219 g/mol. The third-order valence-electron chi connectivity index (χ3n) is 2.32. The maximum atomic E-state index is 5.79. The van der Waals surface area contributed by atoms with Crippen LogP contribution >= 0.6 is 0 Å². The maximum Gasteiger partial charge on any atom is 0.127 e. The van der Waals surface area contributed by atoms with Gasteiger partial charge in [-0.3, -0.25) is 0 Å². The first-order chi connectivity index (χ1) is 7.65. The fourth-order valence-electron chi connectivity index (χ4n) is 1.51. The van der Waals surface area contributed by atoms with Crippen LogP contribution in [-0.4, -0.2) is 13.2 Å². The first-order valence-corrected chi connectivity index (χ1v) is 5.71. The summed E-state index contributed by atoms with van der Waals surface area (Å²) in [5.41, 5.74) is 3.43. The number of hydrogen-bond acceptors (Lipinski definition) is 2. The minimum absolute atomic E-state index is 0.587. The van der Waals surface area contributed by atoms with Crippen LogP contribution in [-0.2, 0) is 6.54 Å². The first kappa shape index (κ1) is 12.8. The molecule has 0 atom stereocenters. The van der Waals surface area contributed by atoms with Gasteiger partial charge in [-0.2, -0.15) is 0 Å². The summed E-state index contributed by atoms with van der Waals surface area (Å²) in [4.78, 5) is 0. The predicted molar refractivity (Wildman–Crippen MR) is 68.9 cm³/mol. The van der Waals surface area contributed by atoms with Crippen molar-refractivity contribution in [2.75, 3.05) is 13.2 Å². The van der Waals surface area contributed by atoms with Gasteiger partial charge in [0.15, 0.2) is 0 Å². The highest BCUT2D eigenvalue weighted by Crippen LogP contribution is 2.23. The molecule has 0 amide bonds. The van der Waals surface area contributed by atoms with Crippen molar-refractivity contribution >= 4 is 0 Å². The fraction of sp³-hybridized carbons (Fsp3) is 0.429. The first-order valence-electron chi connectivity index (χ1n) is 5.71. The Bertz CT molecular complexity index is 358. The molecule has 2 heteroatoms. The van der Waals surface area contributed by atoms with Crippen molar-refractivity contribution in [2.24, 2.45) is 0 Å². The SMILES string of the molecule is C=C(C)COc1c(C)cccc1CNCC. The van der Waals surface area contributed by atoms with E-state index in [1.54, 1.807) is 0 Å². The zero-order valence-corrected chi connectivity index (χ0v) is 10.5. The van der Waals surface area contributed by atoms with E-state index < -0.39 is 0 Å². The Morgan fingerprint density at radius 3 is 2.81 bits per heavy atom. The van der Waals surface area contributed by atoms with Crippen LogP contribution in [0.1, 0.15) is 25.0 Å². The van der Waals surface area contributed by atoms with E-state index in [0.29, 0.717) is 6.61 Å². The molecule has 0 saturated carbocycles. The van der Waals surface area contributed by atoms with Crippen molar-refractivity contribution in [1.82, 2.24) is 5.32 Å². The second kappa shape index (κ2) is 6.33. The summed E-state index contributed by atoms with van der Waals surface area (Å²) in [5.74, 6) is 0.992. The van der Waals surface area contributed by atoms with Gasteiger partial charge in [0.05, 0.1) is 0 Å². The van der Waals surface area contributed by atoms with Crippen molar-refractivity contribution in [2.45, 2.75) is 27.3 Å². The molecule has 1 N–H and O–H groups in total. The van der Waals surface area contributed by atoms with Gasteiger partial charge < -0.3 is 10.1 Å². The van der Waals surface area contributed by atoms with Crippen LogP contribution in [0.25, 0.3) is 0 Å². The Labute approximate surface area is 98.3 Å². The highest BCUT2D eigenvalue weighted by Gasteiger charge is 2.06. The van der Waals surface area contributed by atoms with Gasteiger partial charge >= 0.3 is 0 Å². The summed E-state index contributed by atoms with van der Waals surface area (Å²) in [7, 11) is 0. The molecule has 0 saturated heterocycles. The van der Waals surface area contributed by atoms with Crippen LogP contribution in [0.3, 0.4) is 0 Å². The normalized spacial score (nSPS) is 10.2. The van der Waals surface area contributed by atoms with Crippen molar-refractivity contribution in [3.63, 3.8) is 0 Å². The molecular formula is C14H21NO. The highest BCUT2D eigenvalue weighted by atomic mass is 16.5. The molecule has 1 aromatic carbocycles. The molecule has 88 valence electrons. The van der Waals surface area contributed by atoms with E-state index >= 15 is 0 Å². The van der Waals surface area contributed by atoms with Gasteiger partial charge in [0.25, 0.3) is 0 Å². The van der Waals surface area contributed by atoms with Crippen molar-refractivity contribution in [3.8, 4) is 5.75 Å². The monoisotopic (exact) mass is 219 g/mol. The van der Waals surface area contributed by atoms with Crippen molar-refractivity contribution in [1.29, 1.82) is 0 Å². The topological polar surface area (TPSA) is 21.3 Å². The van der Waals surface area contributed by atoms with E-state index in [2.05, 4.69) is 43.9 Å². The molecule has 0 aliphatic rings. The molecule has 0 fully saturated rings. The minimum Gasteiger partial charge on any atom is -0.489 e. The fourth-order valence-corrected chi connectivity index (χ4v) is 1.51. The molecule has 0 aliphatic heterocycles. The van der Waals surface area contributed by atoms with Crippen LogP contribution in [0.4, 0.5) is 0 Å². The second-order valence-electron chi connectivity index (χ2n) is 4.09. The van der Waals surface area contributed by atoms with E-state index in [1.165, 1.54) is 11.1 Å². The van der Waals surface area contributed by atoms with Gasteiger partial charge in [0, 0.05) is 12.1 Å². The lowest BCUT2D eigenvalue weighted by Crippen LogP contribution is -2.13. The Hall–Kier alpha value is -1.28. The molecule has 0 heterocycles. The largest absolute Gasteiger partial charge is 0.489 e. The van der Waals surface area contributed by atoms with E-state index in [4.69, 9.17) is 4.74 Å². The molecule has 0 spiro atoms. The van der Waals surface area contributed by atoms with E-state index in [9.17, 15) is 0 Å². The molecular weight excluding hydrogens is 198 g/mol. The molecule has 1 rings (SSSR count). The molecule has 2 nitrogen and oxygen atoms in total. The summed E-state index contributed by atoms with van der Waals surface area (Å²) in [6, 6.07) is 6.24. The number of hydrogen-bond donors (Lipinski definition) is 1. The Kier molecular flexibility index (Phi) is 5.06. The van der Waals surface area contributed by atoms with Gasteiger partial charge in [-0.15, -0.1) is 0 Å². The maximum absolute atomic E-state index is 5.79. The Balaban J connectivity index is 2.80. The lowest BCUT2D eigenvalue weighted by atomic mass is 10.1. The van der Waals surface area contributed by atoms with Crippen LogP contribution < -0.4 is 10.1 Å². The zero-order valence-electron chi connectivity index (χ0n) is 10.5. The Morgan fingerprint density at radius 2 is 2.19 bits per heavy atom. The number of rotatable bonds is 6. The van der Waals surface area contributed by atoms with Crippen LogP contribution in [0, 0.1) is 6.92 Å². The second-order valence-corrected chi connectivity index (χ2v) is 4.09. The average Bonchev–Trinajstić information content (AvgIpc) is 2.24. The molecule has 0 radical (unpaired) electrons. The summed E-state index contributed by atoms with van der Waals surface area (Å²) in [6.45, 7) is 12.4. The third kappa shape index (κ3) is 3.70. The standard InChI is InChI=1S/C14H21NO/c1-5-15-9-13-8-6-7-12(4)14(13)16-10-11(2)3/h6-8,15H,2,5,9-10H2,1,3-4H3. The minimum atomic E-state index is 0.587. The zero-order chi connectivity index (χ0) is 12.0. The van der Waals surface area contributed by atoms with Crippen molar-refractivity contribution < 1.29 is 4.74 Å². The molecule has 0 aliphatic carbocycles. The van der Waals surface area contributed by atoms with E-state index in [0.717, 1.165) is 24.4 Å². The molecule has 0 bridgehead atoms. The summed E-state index contributed by atoms with van der Waals surface area (Å²) in [5, 5.41) is 3.32. The summed E-state index contributed by atoms with van der Waals surface area (Å²) >= 11 is 0. The van der Waals surface area contributed by atoms with Crippen LogP contribution in [0.2, 0.25) is 0 Å². The van der Waals surface area contributed by atoms with Crippen LogP contribution in [0.5, 0.6) is 5.75 Å². The predicted octanol–water partition coefficient (Wildman–Crippen LogP) is 3.06. The van der Waals surface area contributed by atoms with Gasteiger partial charge in [-0.05, 0) is 31.5 Å². The molecule has 1 aromatic rings. The molecule has 0 aromatic heterocycles. The number of aryl methyl sites for hydroxylation is 1. The lowest BCUT2D eigenvalue weighted by Gasteiger charge is -2.14. The van der Waals surface area contributed by atoms with E-state index in [-0.39, 0.29) is 0 Å². The third-order valence-corrected chi connectivity index (χ3v) is 2.32. The number of benzene rings is 1. The highest BCUT2D eigenvalue weighted by molar-refractivity contribution is 5.40. The van der Waals surface area contributed by atoms with E-state index in [1.807, 2.05) is 6.92 Å². The van der Waals surface area contributed by atoms with Gasteiger partial charge in [-0.1, -0.05) is 31.7 Å². The quantitative estimate of drug-likeness (QED) is 0.742. The molecule has 16 heavy (non-hydrogen) atoms. The lowest BCUT2D eigenvalue weighted by molar-refractivity contribution is 0.345. The van der Waals surface area contributed by atoms with Gasteiger partial charge in [-0.25, -0.2) is 0 Å². The smallest absolute Gasteiger partial charge is 0.127 e. The number of ether oxygens (including phenoxy) is 1. The molecule has 0 unspecified atom stereocenters. The van der Waals surface area contributed by atoms with Gasteiger partial charge in [0.2, 0.25) is 0 Å².